The molecule has 3 aromatic rings. The lowest BCUT2D eigenvalue weighted by atomic mass is 9.95. The molecule has 0 aliphatic carbocycles. The lowest BCUT2D eigenvalue weighted by molar-refractivity contribution is -0.123. The van der Waals surface area contributed by atoms with Crippen molar-refractivity contribution >= 4 is 22.7 Å². The topological polar surface area (TPSA) is 89.4 Å². The summed E-state index contributed by atoms with van der Waals surface area (Å²) in [5.74, 6) is 0.192. The lowest BCUT2D eigenvalue weighted by Crippen LogP contribution is -2.41. The predicted octanol–water partition coefficient (Wildman–Crippen LogP) is 2.83. The number of nitrogens with zero attached hydrogens (tertiary/aromatic N) is 2. The molecule has 0 atom stereocenters. The highest BCUT2D eigenvalue weighted by molar-refractivity contribution is 6.01. The Labute approximate surface area is 150 Å². The molecule has 0 unspecified atom stereocenters. The van der Waals surface area contributed by atoms with Crippen molar-refractivity contribution in [1.29, 1.82) is 0 Å². The van der Waals surface area contributed by atoms with Gasteiger partial charge in [-0.15, -0.1) is 0 Å². The number of nitrogens with two attached hydrogens (primary N) is 1. The quantitative estimate of drug-likeness (QED) is 0.787. The van der Waals surface area contributed by atoms with Crippen molar-refractivity contribution in [2.75, 3.05) is 13.1 Å². The van der Waals surface area contributed by atoms with Crippen molar-refractivity contribution in [3.8, 4) is 11.3 Å². The molecule has 2 aromatic carbocycles. The number of primary amides is 1. The molecule has 2 N–H and O–H groups in total. The molecular formula is C20H19N3O3. The highest BCUT2D eigenvalue weighted by Gasteiger charge is 2.26. The van der Waals surface area contributed by atoms with Gasteiger partial charge in [-0.1, -0.05) is 35.5 Å². The number of amides is 2. The summed E-state index contributed by atoms with van der Waals surface area (Å²) in [7, 11) is 0. The predicted molar refractivity (Wildman–Crippen MR) is 97.3 cm³/mol. The van der Waals surface area contributed by atoms with E-state index in [1.54, 1.807) is 17.0 Å². The van der Waals surface area contributed by atoms with E-state index < -0.39 is 0 Å². The van der Waals surface area contributed by atoms with E-state index in [2.05, 4.69) is 5.16 Å². The first-order valence-corrected chi connectivity index (χ1v) is 8.67. The van der Waals surface area contributed by atoms with Crippen LogP contribution in [0.5, 0.6) is 0 Å². The van der Waals surface area contributed by atoms with Crippen LogP contribution >= 0.6 is 0 Å². The molecule has 0 saturated carbocycles. The zero-order valence-electron chi connectivity index (χ0n) is 14.2. The molecule has 26 heavy (non-hydrogen) atoms. The number of aromatic nitrogens is 1. The lowest BCUT2D eigenvalue weighted by Gasteiger charge is -2.30. The molecule has 0 spiro atoms. The number of rotatable bonds is 3. The molecule has 1 fully saturated rings. The Hall–Kier alpha value is -3.15. The van der Waals surface area contributed by atoms with E-state index in [-0.39, 0.29) is 17.7 Å². The maximum atomic E-state index is 12.8. The first-order chi connectivity index (χ1) is 12.6. The molecule has 4 rings (SSSR count). The summed E-state index contributed by atoms with van der Waals surface area (Å²) in [5.41, 5.74) is 7.59. The molecule has 1 saturated heterocycles. The fraction of sp³-hybridized carbons (Fsp3) is 0.250. The van der Waals surface area contributed by atoms with Crippen LogP contribution in [0.25, 0.3) is 22.2 Å². The summed E-state index contributed by atoms with van der Waals surface area (Å²) >= 11 is 0. The second kappa shape index (κ2) is 6.63. The molecule has 1 aliphatic heterocycles. The Kier molecular flexibility index (Phi) is 4.16. The first kappa shape index (κ1) is 16.3. The molecular weight excluding hydrogens is 330 g/mol. The van der Waals surface area contributed by atoms with Crippen LogP contribution in [0.3, 0.4) is 0 Å². The number of hydrogen-bond acceptors (Lipinski definition) is 4. The van der Waals surface area contributed by atoms with Crippen molar-refractivity contribution in [3.63, 3.8) is 0 Å². The fourth-order valence-corrected chi connectivity index (χ4v) is 3.42. The summed E-state index contributed by atoms with van der Waals surface area (Å²) < 4.78 is 5.50. The van der Waals surface area contributed by atoms with Gasteiger partial charge >= 0.3 is 0 Å². The van der Waals surface area contributed by atoms with Crippen LogP contribution in [0.1, 0.15) is 23.2 Å². The first-order valence-electron chi connectivity index (χ1n) is 8.67. The van der Waals surface area contributed by atoms with E-state index in [0.29, 0.717) is 42.8 Å². The van der Waals surface area contributed by atoms with Gasteiger partial charge in [-0.2, -0.15) is 0 Å². The summed E-state index contributed by atoms with van der Waals surface area (Å²) in [5, 5.41) is 4.90. The number of fused-ring (bicyclic) bond motifs is 1. The van der Waals surface area contributed by atoms with Crippen molar-refractivity contribution in [1.82, 2.24) is 10.1 Å². The molecule has 2 heterocycles. The molecule has 0 radical (unpaired) electrons. The van der Waals surface area contributed by atoms with Crippen LogP contribution < -0.4 is 5.73 Å². The van der Waals surface area contributed by atoms with E-state index in [0.717, 1.165) is 10.9 Å². The number of carbonyl (C=O) groups excluding carboxylic acids is 2. The van der Waals surface area contributed by atoms with E-state index in [9.17, 15) is 9.59 Å². The zero-order valence-corrected chi connectivity index (χ0v) is 14.2. The average molecular weight is 349 g/mol. The van der Waals surface area contributed by atoms with E-state index in [1.807, 2.05) is 36.4 Å². The van der Waals surface area contributed by atoms with Gasteiger partial charge in [0, 0.05) is 30.1 Å². The van der Waals surface area contributed by atoms with Crippen LogP contribution in [0.2, 0.25) is 0 Å². The van der Waals surface area contributed by atoms with Crippen LogP contribution in [0, 0.1) is 5.92 Å². The van der Waals surface area contributed by atoms with E-state index in [1.165, 1.54) is 0 Å². The van der Waals surface area contributed by atoms with Gasteiger partial charge in [-0.05, 0) is 31.0 Å². The summed E-state index contributed by atoms with van der Waals surface area (Å²) in [6.45, 7) is 1.08. The van der Waals surface area contributed by atoms with Crippen molar-refractivity contribution < 1.29 is 14.1 Å². The van der Waals surface area contributed by atoms with E-state index in [4.69, 9.17) is 10.3 Å². The number of likely N-dealkylation sites (tertiary alicyclic amines) is 1. The monoisotopic (exact) mass is 349 g/mol. The van der Waals surface area contributed by atoms with Gasteiger partial charge in [0.25, 0.3) is 5.91 Å². The second-order valence-corrected chi connectivity index (χ2v) is 6.58. The summed E-state index contributed by atoms with van der Waals surface area (Å²) in [6, 6.07) is 15.1. The maximum Gasteiger partial charge on any atom is 0.253 e. The fourth-order valence-electron chi connectivity index (χ4n) is 3.42. The van der Waals surface area contributed by atoms with Crippen molar-refractivity contribution in [2.24, 2.45) is 11.7 Å². The molecule has 6 heteroatoms. The van der Waals surface area contributed by atoms with E-state index >= 15 is 0 Å². The Morgan fingerprint density at radius 2 is 1.81 bits per heavy atom. The van der Waals surface area contributed by atoms with Gasteiger partial charge < -0.3 is 15.2 Å². The van der Waals surface area contributed by atoms with Gasteiger partial charge in [0.05, 0.1) is 5.39 Å². The number of piperidine rings is 1. The minimum absolute atomic E-state index is 0.0463. The van der Waals surface area contributed by atoms with Crippen LogP contribution in [0.4, 0.5) is 0 Å². The number of benzene rings is 2. The third kappa shape index (κ3) is 2.94. The molecule has 1 aliphatic rings. The van der Waals surface area contributed by atoms with Gasteiger partial charge in [0.2, 0.25) is 5.91 Å². The van der Waals surface area contributed by atoms with Gasteiger partial charge in [-0.3, -0.25) is 9.59 Å². The largest absolute Gasteiger partial charge is 0.369 e. The van der Waals surface area contributed by atoms with Gasteiger partial charge in [0.1, 0.15) is 5.52 Å². The molecule has 1 aromatic heterocycles. The van der Waals surface area contributed by atoms with Crippen molar-refractivity contribution in [2.45, 2.75) is 12.8 Å². The van der Waals surface area contributed by atoms with Gasteiger partial charge in [0.15, 0.2) is 5.76 Å². The van der Waals surface area contributed by atoms with Gasteiger partial charge in [-0.25, -0.2) is 0 Å². The smallest absolute Gasteiger partial charge is 0.253 e. The zero-order chi connectivity index (χ0) is 18.1. The summed E-state index contributed by atoms with van der Waals surface area (Å²) in [4.78, 5) is 25.9. The normalized spacial score (nSPS) is 15.3. The Bertz CT molecular complexity index is 957. The highest BCUT2D eigenvalue weighted by Crippen LogP contribution is 2.30. The van der Waals surface area contributed by atoms with Crippen LogP contribution in [0.15, 0.2) is 53.1 Å². The summed E-state index contributed by atoms with van der Waals surface area (Å²) in [6.07, 6.45) is 1.23. The average Bonchev–Trinajstić information content (AvgIpc) is 3.11. The third-order valence-corrected chi connectivity index (χ3v) is 4.94. The Morgan fingerprint density at radius 3 is 2.50 bits per heavy atom. The minimum Gasteiger partial charge on any atom is -0.369 e. The molecule has 132 valence electrons. The maximum absolute atomic E-state index is 12.8. The molecule has 6 nitrogen and oxygen atoms in total. The third-order valence-electron chi connectivity index (χ3n) is 4.94. The van der Waals surface area contributed by atoms with Crippen LogP contribution in [-0.4, -0.2) is 35.0 Å². The van der Waals surface area contributed by atoms with Crippen LogP contribution in [-0.2, 0) is 4.79 Å². The minimum atomic E-state index is -0.282. The number of hydrogen-bond donors (Lipinski definition) is 1. The molecule has 0 bridgehead atoms. The second-order valence-electron chi connectivity index (χ2n) is 6.58. The highest BCUT2D eigenvalue weighted by atomic mass is 16.5. The Morgan fingerprint density at radius 1 is 1.08 bits per heavy atom. The van der Waals surface area contributed by atoms with Crippen molar-refractivity contribution in [3.05, 3.63) is 54.1 Å². The Balaban J connectivity index is 1.61. The standard InChI is InChI=1S/C20H19N3O3/c21-19(24)14-8-10-23(11-9-14)20(25)15-6-7-17-16(12-15)18(26-22-17)13-4-2-1-3-5-13/h1-7,12,14H,8-11H2,(H2,21,24). The SMILES string of the molecule is NC(=O)C1CCN(C(=O)c2ccc3noc(-c4ccccc4)c3c2)CC1. The molecule has 2 amide bonds. The number of carbonyl (C=O) groups is 2.